The molecule has 2 heterocycles. The minimum atomic E-state index is -3.86. The van der Waals surface area contributed by atoms with Crippen molar-refractivity contribution in [1.29, 1.82) is 0 Å². The van der Waals surface area contributed by atoms with E-state index in [9.17, 15) is 8.42 Å². The minimum Gasteiger partial charge on any atom is -0.373 e. The zero-order valence-electron chi connectivity index (χ0n) is 15.6. The number of hydrogen-bond acceptors (Lipinski definition) is 7. The average Bonchev–Trinajstić information content (AvgIpc) is 3.01. The van der Waals surface area contributed by atoms with Crippen molar-refractivity contribution < 1.29 is 13.2 Å². The Labute approximate surface area is 171 Å². The topological polar surface area (TPSA) is 136 Å². The summed E-state index contributed by atoms with van der Waals surface area (Å²) >= 11 is 3.38. The number of primary sulfonamides is 1. The zero-order valence-corrected chi connectivity index (χ0v) is 18.0. The predicted octanol–water partition coefficient (Wildman–Crippen LogP) is 3.07. The highest BCUT2D eigenvalue weighted by molar-refractivity contribution is 9.10. The fourth-order valence-corrected chi connectivity index (χ4v) is 3.43. The Balaban J connectivity index is 2.01. The number of nitrogens with one attached hydrogen (secondary N) is 2. The number of anilines is 2. The first-order valence-electron chi connectivity index (χ1n) is 8.55. The van der Waals surface area contributed by atoms with E-state index in [4.69, 9.17) is 9.88 Å². The van der Waals surface area contributed by atoms with Crippen molar-refractivity contribution in [3.8, 4) is 0 Å². The van der Waals surface area contributed by atoms with Gasteiger partial charge in [-0.25, -0.2) is 23.5 Å². The maximum Gasteiger partial charge on any atom is 0.238 e. The van der Waals surface area contributed by atoms with Gasteiger partial charge >= 0.3 is 0 Å². The lowest BCUT2D eigenvalue weighted by Crippen LogP contribution is -2.16. The normalized spacial score (nSPS) is 13.2. The summed E-state index contributed by atoms with van der Waals surface area (Å²) in [6.07, 6.45) is 1.41. The molecule has 2 aromatic heterocycles. The number of rotatable bonds is 7. The molecule has 1 unspecified atom stereocenters. The van der Waals surface area contributed by atoms with Crippen LogP contribution in [0.3, 0.4) is 0 Å². The second-order valence-electron chi connectivity index (χ2n) is 6.71. The molecular formula is C17H21BrN6O3S. The Morgan fingerprint density at radius 2 is 2.04 bits per heavy atom. The fraction of sp³-hybridized carbons (Fsp3) is 0.353. The fourth-order valence-electron chi connectivity index (χ4n) is 2.43. The summed E-state index contributed by atoms with van der Waals surface area (Å²) in [7, 11) is -3.86. The van der Waals surface area contributed by atoms with Crippen molar-refractivity contribution in [2.45, 2.75) is 38.4 Å². The van der Waals surface area contributed by atoms with Crippen molar-refractivity contribution in [1.82, 2.24) is 20.2 Å². The maximum atomic E-state index is 11.8. The second kappa shape index (κ2) is 8.11. The number of benzene rings is 1. The average molecular weight is 469 g/mol. The van der Waals surface area contributed by atoms with Gasteiger partial charge in [-0.05, 0) is 40.9 Å². The van der Waals surface area contributed by atoms with Crippen LogP contribution in [0.25, 0.3) is 11.0 Å². The first kappa shape index (κ1) is 20.6. The first-order valence-corrected chi connectivity index (χ1v) is 10.9. The van der Waals surface area contributed by atoms with Crippen LogP contribution in [0.1, 0.15) is 26.3 Å². The molecule has 1 aromatic carbocycles. The highest BCUT2D eigenvalue weighted by Gasteiger charge is 2.17. The van der Waals surface area contributed by atoms with Crippen LogP contribution in [0.2, 0.25) is 0 Å². The van der Waals surface area contributed by atoms with Gasteiger partial charge in [0.15, 0.2) is 5.65 Å². The molecule has 3 aromatic rings. The van der Waals surface area contributed by atoms with Gasteiger partial charge in [-0.3, -0.25) is 5.10 Å². The summed E-state index contributed by atoms with van der Waals surface area (Å²) in [5.74, 6) is 0.818. The summed E-state index contributed by atoms with van der Waals surface area (Å²) in [4.78, 5) is 8.35. The van der Waals surface area contributed by atoms with Crippen LogP contribution < -0.4 is 10.5 Å². The Kier molecular flexibility index (Phi) is 5.98. The number of aromatic nitrogens is 4. The van der Waals surface area contributed by atoms with Gasteiger partial charge in [0.05, 0.1) is 23.0 Å². The van der Waals surface area contributed by atoms with Crippen LogP contribution >= 0.6 is 15.9 Å². The van der Waals surface area contributed by atoms with Gasteiger partial charge in [-0.15, -0.1) is 0 Å². The van der Waals surface area contributed by atoms with Crippen molar-refractivity contribution in [2.24, 2.45) is 11.1 Å². The maximum absolute atomic E-state index is 11.8. The Bertz CT molecular complexity index is 1100. The largest absolute Gasteiger partial charge is 0.373 e. The SMILES string of the molecule is CC(C)C(C)OCc1ccc(S(N)(=O)=O)cc1Nc1ncnc2n[nH]c(Br)c12. The number of H-pyrrole nitrogens is 1. The third-order valence-corrected chi connectivity index (χ3v) is 5.90. The molecule has 4 N–H and O–H groups in total. The molecule has 0 fully saturated rings. The molecule has 3 rings (SSSR count). The smallest absolute Gasteiger partial charge is 0.238 e. The molecule has 11 heteroatoms. The number of sulfonamides is 1. The Hall–Kier alpha value is -2.08. The van der Waals surface area contributed by atoms with E-state index in [0.29, 0.717) is 39.7 Å². The number of hydrogen-bond donors (Lipinski definition) is 3. The van der Waals surface area contributed by atoms with E-state index in [2.05, 4.69) is 55.3 Å². The molecule has 0 saturated carbocycles. The monoisotopic (exact) mass is 468 g/mol. The molecule has 150 valence electrons. The number of nitrogens with zero attached hydrogens (tertiary/aromatic N) is 3. The van der Waals surface area contributed by atoms with Crippen molar-refractivity contribution >= 4 is 48.5 Å². The molecule has 0 aliphatic heterocycles. The minimum absolute atomic E-state index is 0.00721. The first-order chi connectivity index (χ1) is 13.2. The zero-order chi connectivity index (χ0) is 20.5. The molecule has 0 saturated heterocycles. The number of ether oxygens (including phenoxy) is 1. The molecule has 1 atom stereocenters. The van der Waals surface area contributed by atoms with E-state index in [1.165, 1.54) is 18.5 Å². The quantitative estimate of drug-likeness (QED) is 0.484. The standard InChI is InChI=1S/C17H21BrN6O3S/c1-9(2)10(3)27-7-11-4-5-12(28(19,25)26)6-13(11)22-16-14-15(18)23-24-17(14)21-8-20-16/h4-6,8-10H,7H2,1-3H3,(H2,19,25,26)(H2,20,21,22,23,24). The van der Waals surface area contributed by atoms with Gasteiger partial charge in [-0.2, -0.15) is 5.10 Å². The summed E-state index contributed by atoms with van der Waals surface area (Å²) < 4.78 is 30.1. The van der Waals surface area contributed by atoms with Crippen LogP contribution in [-0.2, 0) is 21.4 Å². The molecular weight excluding hydrogens is 448 g/mol. The Morgan fingerprint density at radius 1 is 1.29 bits per heavy atom. The van der Waals surface area contributed by atoms with E-state index in [0.717, 1.165) is 5.56 Å². The van der Waals surface area contributed by atoms with E-state index < -0.39 is 10.0 Å². The highest BCUT2D eigenvalue weighted by Crippen LogP contribution is 2.30. The van der Waals surface area contributed by atoms with E-state index in [1.54, 1.807) is 6.07 Å². The summed E-state index contributed by atoms with van der Waals surface area (Å²) in [5.41, 5.74) is 1.76. The molecule has 0 aliphatic carbocycles. The van der Waals surface area contributed by atoms with Gasteiger partial charge in [0, 0.05) is 11.3 Å². The van der Waals surface area contributed by atoms with Crippen LogP contribution in [0.4, 0.5) is 11.5 Å². The number of aromatic amines is 1. The molecule has 0 aliphatic rings. The van der Waals surface area contributed by atoms with Crippen molar-refractivity contribution in [3.05, 3.63) is 34.7 Å². The summed E-state index contributed by atoms with van der Waals surface area (Å²) in [5, 5.41) is 16.0. The Morgan fingerprint density at radius 3 is 2.71 bits per heavy atom. The summed E-state index contributed by atoms with van der Waals surface area (Å²) in [6.45, 7) is 6.43. The molecule has 0 bridgehead atoms. The van der Waals surface area contributed by atoms with Gasteiger partial charge in [0.1, 0.15) is 16.7 Å². The van der Waals surface area contributed by atoms with Crippen LogP contribution in [0.5, 0.6) is 0 Å². The lowest BCUT2D eigenvalue weighted by Gasteiger charge is -2.19. The summed E-state index contributed by atoms with van der Waals surface area (Å²) in [6, 6.07) is 4.61. The van der Waals surface area contributed by atoms with Gasteiger partial charge in [-0.1, -0.05) is 19.9 Å². The number of halogens is 1. The third-order valence-electron chi connectivity index (χ3n) is 4.41. The third kappa shape index (κ3) is 4.49. The van der Waals surface area contributed by atoms with Crippen molar-refractivity contribution in [2.75, 3.05) is 5.32 Å². The lowest BCUT2D eigenvalue weighted by atomic mass is 10.1. The van der Waals surface area contributed by atoms with E-state index >= 15 is 0 Å². The van der Waals surface area contributed by atoms with E-state index in [1.807, 2.05) is 6.92 Å². The molecule has 9 nitrogen and oxygen atoms in total. The molecule has 0 radical (unpaired) electrons. The van der Waals surface area contributed by atoms with Gasteiger partial charge < -0.3 is 10.1 Å². The lowest BCUT2D eigenvalue weighted by molar-refractivity contribution is 0.0238. The molecule has 0 amide bonds. The molecule has 28 heavy (non-hydrogen) atoms. The van der Waals surface area contributed by atoms with Crippen molar-refractivity contribution in [3.63, 3.8) is 0 Å². The predicted molar refractivity (Wildman–Crippen MR) is 110 cm³/mol. The second-order valence-corrected chi connectivity index (χ2v) is 9.06. The highest BCUT2D eigenvalue weighted by atomic mass is 79.9. The van der Waals surface area contributed by atoms with Gasteiger partial charge in [0.2, 0.25) is 10.0 Å². The van der Waals surface area contributed by atoms with Crippen LogP contribution in [0, 0.1) is 5.92 Å². The van der Waals surface area contributed by atoms with E-state index in [-0.39, 0.29) is 11.0 Å². The van der Waals surface area contributed by atoms with Crippen LogP contribution in [-0.4, -0.2) is 34.7 Å². The number of nitrogens with two attached hydrogens (primary N) is 1. The molecule has 0 spiro atoms. The van der Waals surface area contributed by atoms with Gasteiger partial charge in [0.25, 0.3) is 0 Å². The number of fused-ring (bicyclic) bond motifs is 1. The van der Waals surface area contributed by atoms with Crippen LogP contribution in [0.15, 0.2) is 34.0 Å².